The fourth-order valence-corrected chi connectivity index (χ4v) is 4.10. The lowest BCUT2D eigenvalue weighted by Crippen LogP contribution is -2.52. The van der Waals surface area contributed by atoms with E-state index in [0.29, 0.717) is 45.3 Å². The molecule has 21 heavy (non-hydrogen) atoms. The molecule has 2 fully saturated rings. The Morgan fingerprint density at radius 3 is 2.62 bits per heavy atom. The van der Waals surface area contributed by atoms with Gasteiger partial charge in [0.1, 0.15) is 11.9 Å². The van der Waals surface area contributed by atoms with Gasteiger partial charge in [0.05, 0.1) is 19.8 Å². The van der Waals surface area contributed by atoms with Gasteiger partial charge in [0.15, 0.2) is 0 Å². The van der Waals surface area contributed by atoms with Gasteiger partial charge in [-0.25, -0.2) is 4.98 Å². The highest BCUT2D eigenvalue weighted by Gasteiger charge is 2.36. The molecule has 0 aliphatic carbocycles. The zero-order valence-electron chi connectivity index (χ0n) is 12.0. The van der Waals surface area contributed by atoms with Gasteiger partial charge in [0.25, 0.3) is 10.2 Å². The summed E-state index contributed by atoms with van der Waals surface area (Å²) in [6.07, 6.45) is 1.37. The summed E-state index contributed by atoms with van der Waals surface area (Å²) >= 11 is 0. The number of aromatic amines is 1. The van der Waals surface area contributed by atoms with Crippen LogP contribution in [-0.2, 0) is 19.7 Å². The number of aromatic nitrogens is 2. The van der Waals surface area contributed by atoms with E-state index in [1.807, 2.05) is 6.92 Å². The molecule has 1 N–H and O–H groups in total. The summed E-state index contributed by atoms with van der Waals surface area (Å²) in [5, 5.41) is 0. The van der Waals surface area contributed by atoms with Gasteiger partial charge in [-0.2, -0.15) is 17.0 Å². The number of hydrogen-bond acceptors (Lipinski definition) is 5. The lowest BCUT2D eigenvalue weighted by molar-refractivity contribution is -0.0105. The van der Waals surface area contributed by atoms with Gasteiger partial charge in [-0.05, 0) is 6.92 Å². The molecule has 0 saturated carbocycles. The molecule has 1 aromatic rings. The van der Waals surface area contributed by atoms with Crippen LogP contribution in [0.25, 0.3) is 0 Å². The summed E-state index contributed by atoms with van der Waals surface area (Å²) in [5.74, 6) is 0.675. The van der Waals surface area contributed by atoms with Gasteiger partial charge in [-0.15, -0.1) is 0 Å². The maximum absolute atomic E-state index is 12.6. The minimum atomic E-state index is -3.45. The van der Waals surface area contributed by atoms with E-state index in [1.54, 1.807) is 6.20 Å². The molecule has 0 spiro atoms. The van der Waals surface area contributed by atoms with E-state index in [-0.39, 0.29) is 12.6 Å². The first-order valence-electron chi connectivity index (χ1n) is 7.03. The van der Waals surface area contributed by atoms with Crippen LogP contribution in [0.3, 0.4) is 0 Å². The first kappa shape index (κ1) is 14.9. The van der Waals surface area contributed by atoms with Crippen molar-refractivity contribution in [3.8, 4) is 0 Å². The number of rotatable bonds is 3. The first-order valence-corrected chi connectivity index (χ1v) is 8.43. The summed E-state index contributed by atoms with van der Waals surface area (Å²) < 4.78 is 39.1. The fraction of sp³-hybridized carbons (Fsp3) is 0.750. The van der Waals surface area contributed by atoms with E-state index >= 15 is 0 Å². The number of ether oxygens (including phenoxy) is 2. The van der Waals surface area contributed by atoms with Gasteiger partial charge in [-0.1, -0.05) is 0 Å². The standard InChI is InChI=1S/C12H20N4O4S/c1-10-8-13-12(14-10)11-9-16(4-7-20-11)21(17,18)15-2-5-19-6-3-15/h8,11H,2-7,9H2,1H3,(H,13,14)/t11-/m0/s1. The maximum Gasteiger partial charge on any atom is 0.282 e. The van der Waals surface area contributed by atoms with E-state index in [9.17, 15) is 8.42 Å². The van der Waals surface area contributed by atoms with Crippen LogP contribution >= 0.6 is 0 Å². The average Bonchev–Trinajstić information content (AvgIpc) is 2.95. The Hall–Kier alpha value is -1.00. The summed E-state index contributed by atoms with van der Waals surface area (Å²) in [6.45, 7) is 4.64. The van der Waals surface area contributed by atoms with Crippen molar-refractivity contribution >= 4 is 10.2 Å². The molecular weight excluding hydrogens is 296 g/mol. The summed E-state index contributed by atoms with van der Waals surface area (Å²) in [4.78, 5) is 7.34. The monoisotopic (exact) mass is 316 g/mol. The normalized spacial score (nSPS) is 26.0. The van der Waals surface area contributed by atoms with Gasteiger partial charge in [0.2, 0.25) is 0 Å². The zero-order chi connectivity index (χ0) is 14.9. The lowest BCUT2D eigenvalue weighted by atomic mass is 10.3. The number of nitrogens with one attached hydrogen (secondary N) is 1. The van der Waals surface area contributed by atoms with Crippen LogP contribution in [0.5, 0.6) is 0 Å². The van der Waals surface area contributed by atoms with E-state index in [1.165, 1.54) is 8.61 Å². The number of nitrogens with zero attached hydrogens (tertiary/aromatic N) is 3. The largest absolute Gasteiger partial charge is 0.379 e. The second kappa shape index (κ2) is 6.01. The predicted octanol–water partition coefficient (Wildman–Crippen LogP) is -0.332. The quantitative estimate of drug-likeness (QED) is 0.825. The third-order valence-corrected chi connectivity index (χ3v) is 5.68. The van der Waals surface area contributed by atoms with Crippen molar-refractivity contribution < 1.29 is 17.9 Å². The average molecular weight is 316 g/mol. The summed E-state index contributed by atoms with van der Waals surface area (Å²) in [6, 6.07) is 0. The highest BCUT2D eigenvalue weighted by Crippen LogP contribution is 2.23. The Labute approximate surface area is 124 Å². The van der Waals surface area contributed by atoms with Crippen molar-refractivity contribution in [2.75, 3.05) is 46.0 Å². The van der Waals surface area contributed by atoms with E-state index in [0.717, 1.165) is 5.69 Å². The second-order valence-electron chi connectivity index (χ2n) is 5.19. The molecule has 0 aromatic carbocycles. The smallest absolute Gasteiger partial charge is 0.282 e. The number of hydrogen-bond donors (Lipinski definition) is 1. The molecule has 2 aliphatic rings. The molecule has 2 aliphatic heterocycles. The molecule has 118 valence electrons. The van der Waals surface area contributed by atoms with Gasteiger partial charge in [0, 0.05) is 38.1 Å². The Balaban J connectivity index is 1.73. The van der Waals surface area contributed by atoms with Gasteiger partial charge < -0.3 is 14.5 Å². The summed E-state index contributed by atoms with van der Waals surface area (Å²) in [7, 11) is -3.45. The summed E-state index contributed by atoms with van der Waals surface area (Å²) in [5.41, 5.74) is 0.932. The molecule has 3 rings (SSSR count). The van der Waals surface area contributed by atoms with E-state index < -0.39 is 10.2 Å². The van der Waals surface area contributed by atoms with E-state index in [2.05, 4.69) is 9.97 Å². The number of H-pyrrole nitrogens is 1. The van der Waals surface area contributed by atoms with Gasteiger partial charge >= 0.3 is 0 Å². The van der Waals surface area contributed by atoms with Crippen molar-refractivity contribution in [1.82, 2.24) is 18.6 Å². The fourth-order valence-electron chi connectivity index (χ4n) is 2.54. The molecule has 9 heteroatoms. The van der Waals surface area contributed by atoms with Crippen LogP contribution in [0, 0.1) is 6.92 Å². The molecule has 0 bridgehead atoms. The van der Waals surface area contributed by atoms with Gasteiger partial charge in [-0.3, -0.25) is 0 Å². The topological polar surface area (TPSA) is 87.8 Å². The molecule has 0 amide bonds. The van der Waals surface area contributed by atoms with E-state index in [4.69, 9.17) is 9.47 Å². The molecule has 3 heterocycles. The van der Waals surface area contributed by atoms with Crippen LogP contribution in [-0.4, -0.2) is 73.0 Å². The van der Waals surface area contributed by atoms with Crippen LogP contribution in [0.15, 0.2) is 6.20 Å². The third kappa shape index (κ3) is 3.11. The van der Waals surface area contributed by atoms with Crippen molar-refractivity contribution in [2.45, 2.75) is 13.0 Å². The Kier molecular flexibility index (Phi) is 4.27. The molecular formula is C12H20N4O4S. The highest BCUT2D eigenvalue weighted by atomic mass is 32.2. The van der Waals surface area contributed by atoms with Crippen molar-refractivity contribution in [3.63, 3.8) is 0 Å². The van der Waals surface area contributed by atoms with Crippen molar-refractivity contribution in [1.29, 1.82) is 0 Å². The molecule has 2 saturated heterocycles. The Morgan fingerprint density at radius 1 is 1.24 bits per heavy atom. The Bertz CT molecular complexity index is 582. The molecule has 8 nitrogen and oxygen atoms in total. The second-order valence-corrected chi connectivity index (χ2v) is 7.12. The first-order chi connectivity index (χ1) is 10.1. The number of morpholine rings is 2. The number of aryl methyl sites for hydroxylation is 1. The molecule has 1 aromatic heterocycles. The molecule has 0 radical (unpaired) electrons. The third-order valence-electron chi connectivity index (χ3n) is 3.68. The minimum Gasteiger partial charge on any atom is -0.379 e. The van der Waals surface area contributed by atoms with Crippen molar-refractivity contribution in [3.05, 3.63) is 17.7 Å². The Morgan fingerprint density at radius 2 is 1.95 bits per heavy atom. The number of imidazole rings is 1. The SMILES string of the molecule is Cc1cnc([C@@H]2CN(S(=O)(=O)N3CCOCC3)CCO2)[nH]1. The van der Waals surface area contributed by atoms with Crippen molar-refractivity contribution in [2.24, 2.45) is 0 Å². The maximum atomic E-state index is 12.6. The molecule has 1 atom stereocenters. The van der Waals surface area contributed by atoms with Crippen LogP contribution in [0.4, 0.5) is 0 Å². The van der Waals surface area contributed by atoms with Crippen LogP contribution in [0.1, 0.15) is 17.6 Å². The van der Waals surface area contributed by atoms with Crippen LogP contribution in [0.2, 0.25) is 0 Å². The molecule has 0 unspecified atom stereocenters. The van der Waals surface area contributed by atoms with Crippen LogP contribution < -0.4 is 0 Å². The predicted molar refractivity (Wildman–Crippen MR) is 74.9 cm³/mol. The highest BCUT2D eigenvalue weighted by molar-refractivity contribution is 7.86. The zero-order valence-corrected chi connectivity index (χ0v) is 12.8. The lowest BCUT2D eigenvalue weighted by Gasteiger charge is -2.36. The minimum absolute atomic E-state index is 0.284.